The molecule has 2 atom stereocenters. The summed E-state index contributed by atoms with van der Waals surface area (Å²) in [5, 5.41) is 12.9. The Kier molecular flexibility index (Phi) is 7.63. The third kappa shape index (κ3) is 5.93. The predicted molar refractivity (Wildman–Crippen MR) is 84.1 cm³/mol. The van der Waals surface area contributed by atoms with E-state index in [0.717, 1.165) is 25.2 Å². The minimum atomic E-state index is 0.154. The number of hydrogen-bond acceptors (Lipinski definition) is 3. The van der Waals surface area contributed by atoms with Crippen LogP contribution in [0, 0.1) is 5.92 Å². The SMILES string of the molecule is CCCOc1ccc(C(C)NC(CO)CC(C)C)cc1. The molecule has 0 bridgehead atoms. The van der Waals surface area contributed by atoms with Crippen LogP contribution in [0.3, 0.4) is 0 Å². The van der Waals surface area contributed by atoms with E-state index >= 15 is 0 Å². The fraction of sp³-hybridized carbons (Fsp3) is 0.647. The van der Waals surface area contributed by atoms with Crippen LogP contribution in [-0.4, -0.2) is 24.4 Å². The van der Waals surface area contributed by atoms with Gasteiger partial charge in [0, 0.05) is 12.1 Å². The van der Waals surface area contributed by atoms with Crippen molar-refractivity contribution in [3.8, 4) is 5.75 Å². The molecule has 0 spiro atoms. The molecule has 0 saturated carbocycles. The van der Waals surface area contributed by atoms with Crippen molar-refractivity contribution < 1.29 is 9.84 Å². The third-order valence-electron chi connectivity index (χ3n) is 3.31. The highest BCUT2D eigenvalue weighted by Gasteiger charge is 2.14. The van der Waals surface area contributed by atoms with E-state index in [4.69, 9.17) is 4.74 Å². The molecule has 0 heterocycles. The van der Waals surface area contributed by atoms with Gasteiger partial charge in [0.1, 0.15) is 5.75 Å². The van der Waals surface area contributed by atoms with E-state index in [-0.39, 0.29) is 18.7 Å². The molecule has 1 aromatic rings. The Hall–Kier alpha value is -1.06. The highest BCUT2D eigenvalue weighted by Crippen LogP contribution is 2.19. The van der Waals surface area contributed by atoms with Crippen LogP contribution in [0.2, 0.25) is 0 Å². The number of aliphatic hydroxyl groups excluding tert-OH is 1. The second-order valence-electron chi connectivity index (χ2n) is 5.81. The van der Waals surface area contributed by atoms with Crippen molar-refractivity contribution >= 4 is 0 Å². The highest BCUT2D eigenvalue weighted by atomic mass is 16.5. The zero-order chi connectivity index (χ0) is 15.0. The van der Waals surface area contributed by atoms with Crippen molar-refractivity contribution in [2.45, 2.75) is 52.6 Å². The molecule has 0 amide bonds. The van der Waals surface area contributed by atoms with Crippen LogP contribution in [-0.2, 0) is 0 Å². The van der Waals surface area contributed by atoms with Gasteiger partial charge < -0.3 is 15.2 Å². The molecular weight excluding hydrogens is 250 g/mol. The molecule has 0 aromatic heterocycles. The molecule has 0 aliphatic heterocycles. The minimum Gasteiger partial charge on any atom is -0.494 e. The zero-order valence-electron chi connectivity index (χ0n) is 13.2. The van der Waals surface area contributed by atoms with Crippen molar-refractivity contribution in [3.05, 3.63) is 29.8 Å². The van der Waals surface area contributed by atoms with Gasteiger partial charge in [0.25, 0.3) is 0 Å². The molecule has 0 saturated heterocycles. The zero-order valence-corrected chi connectivity index (χ0v) is 13.2. The molecule has 1 rings (SSSR count). The molecule has 2 unspecified atom stereocenters. The Morgan fingerprint density at radius 2 is 1.80 bits per heavy atom. The topological polar surface area (TPSA) is 41.5 Å². The van der Waals surface area contributed by atoms with E-state index in [1.807, 2.05) is 12.1 Å². The lowest BCUT2D eigenvalue weighted by molar-refractivity contribution is 0.215. The van der Waals surface area contributed by atoms with Gasteiger partial charge in [0.2, 0.25) is 0 Å². The molecule has 0 aliphatic carbocycles. The highest BCUT2D eigenvalue weighted by molar-refractivity contribution is 5.29. The number of hydrogen-bond donors (Lipinski definition) is 2. The lowest BCUT2D eigenvalue weighted by Gasteiger charge is -2.23. The first-order valence-electron chi connectivity index (χ1n) is 7.66. The van der Waals surface area contributed by atoms with Gasteiger partial charge in [-0.25, -0.2) is 0 Å². The summed E-state index contributed by atoms with van der Waals surface area (Å²) >= 11 is 0. The van der Waals surface area contributed by atoms with Gasteiger partial charge in [0.05, 0.1) is 13.2 Å². The van der Waals surface area contributed by atoms with E-state index in [9.17, 15) is 5.11 Å². The van der Waals surface area contributed by atoms with Gasteiger partial charge in [0.15, 0.2) is 0 Å². The number of ether oxygens (including phenoxy) is 1. The average molecular weight is 279 g/mol. The third-order valence-corrected chi connectivity index (χ3v) is 3.31. The molecular formula is C17H29NO2. The Balaban J connectivity index is 2.55. The summed E-state index contributed by atoms with van der Waals surface area (Å²) in [5.74, 6) is 1.50. The first-order valence-corrected chi connectivity index (χ1v) is 7.66. The van der Waals surface area contributed by atoms with Gasteiger partial charge in [-0.3, -0.25) is 0 Å². The van der Waals surface area contributed by atoms with Crippen LogP contribution in [0.15, 0.2) is 24.3 Å². The van der Waals surface area contributed by atoms with E-state index in [2.05, 4.69) is 45.1 Å². The maximum absolute atomic E-state index is 9.43. The quantitative estimate of drug-likeness (QED) is 0.726. The normalized spacial score (nSPS) is 14.3. The average Bonchev–Trinajstić information content (AvgIpc) is 2.44. The molecule has 0 radical (unpaired) electrons. The van der Waals surface area contributed by atoms with Crippen molar-refractivity contribution in [3.63, 3.8) is 0 Å². The van der Waals surface area contributed by atoms with Crippen LogP contribution in [0.25, 0.3) is 0 Å². The lowest BCUT2D eigenvalue weighted by atomic mass is 10.0. The first-order chi connectivity index (χ1) is 9.56. The van der Waals surface area contributed by atoms with Gasteiger partial charge >= 0.3 is 0 Å². The summed E-state index contributed by atoms with van der Waals surface area (Å²) < 4.78 is 5.58. The fourth-order valence-electron chi connectivity index (χ4n) is 2.29. The molecule has 1 aromatic carbocycles. The van der Waals surface area contributed by atoms with Gasteiger partial charge in [-0.2, -0.15) is 0 Å². The summed E-state index contributed by atoms with van der Waals surface area (Å²) in [5.41, 5.74) is 1.22. The van der Waals surface area contributed by atoms with Gasteiger partial charge in [-0.05, 0) is 43.4 Å². The van der Waals surface area contributed by atoms with Crippen molar-refractivity contribution in [1.29, 1.82) is 0 Å². The second kappa shape index (κ2) is 8.98. The van der Waals surface area contributed by atoms with Crippen LogP contribution >= 0.6 is 0 Å². The van der Waals surface area contributed by atoms with Gasteiger partial charge in [-0.15, -0.1) is 0 Å². The number of aliphatic hydroxyl groups is 1. The fourth-order valence-corrected chi connectivity index (χ4v) is 2.29. The number of nitrogens with one attached hydrogen (secondary N) is 1. The van der Waals surface area contributed by atoms with E-state index in [1.165, 1.54) is 5.56 Å². The van der Waals surface area contributed by atoms with Crippen molar-refractivity contribution in [2.24, 2.45) is 5.92 Å². The summed E-state index contributed by atoms with van der Waals surface area (Å²) in [4.78, 5) is 0. The Morgan fingerprint density at radius 1 is 1.15 bits per heavy atom. The second-order valence-corrected chi connectivity index (χ2v) is 5.81. The molecule has 0 fully saturated rings. The van der Waals surface area contributed by atoms with Crippen LogP contribution < -0.4 is 10.1 Å². The molecule has 3 heteroatoms. The number of benzene rings is 1. The van der Waals surface area contributed by atoms with Gasteiger partial charge in [-0.1, -0.05) is 32.9 Å². The molecule has 2 N–H and O–H groups in total. The minimum absolute atomic E-state index is 0.154. The Bertz CT molecular complexity index is 362. The largest absolute Gasteiger partial charge is 0.494 e. The van der Waals surface area contributed by atoms with Crippen molar-refractivity contribution in [2.75, 3.05) is 13.2 Å². The molecule has 20 heavy (non-hydrogen) atoms. The molecule has 3 nitrogen and oxygen atoms in total. The monoisotopic (exact) mass is 279 g/mol. The van der Waals surface area contributed by atoms with Crippen molar-refractivity contribution in [1.82, 2.24) is 5.32 Å². The van der Waals surface area contributed by atoms with E-state index in [0.29, 0.717) is 5.92 Å². The summed E-state index contributed by atoms with van der Waals surface area (Å²) in [6.45, 7) is 9.52. The van der Waals surface area contributed by atoms with Crippen LogP contribution in [0.4, 0.5) is 0 Å². The first kappa shape index (κ1) is 17.0. The molecule has 0 aliphatic rings. The Morgan fingerprint density at radius 3 is 2.30 bits per heavy atom. The van der Waals surface area contributed by atoms with Crippen LogP contribution in [0.5, 0.6) is 5.75 Å². The standard InChI is InChI=1S/C17H29NO2/c1-5-10-20-17-8-6-15(7-9-17)14(4)18-16(12-19)11-13(2)3/h6-9,13-14,16,18-19H,5,10-12H2,1-4H3. The maximum Gasteiger partial charge on any atom is 0.119 e. The van der Waals surface area contributed by atoms with Crippen LogP contribution in [0.1, 0.15) is 52.1 Å². The Labute approximate surface area is 123 Å². The smallest absolute Gasteiger partial charge is 0.119 e. The number of rotatable bonds is 9. The summed E-state index contributed by atoms with van der Waals surface area (Å²) in [6, 6.07) is 8.59. The van der Waals surface area contributed by atoms with E-state index in [1.54, 1.807) is 0 Å². The summed E-state index contributed by atoms with van der Waals surface area (Å²) in [7, 11) is 0. The predicted octanol–water partition coefficient (Wildman–Crippen LogP) is 3.53. The lowest BCUT2D eigenvalue weighted by Crippen LogP contribution is -2.35. The van der Waals surface area contributed by atoms with E-state index < -0.39 is 0 Å². The summed E-state index contributed by atoms with van der Waals surface area (Å²) in [6.07, 6.45) is 2.01. The maximum atomic E-state index is 9.43. The molecule has 114 valence electrons.